The Bertz CT molecular complexity index is 191. The predicted octanol–water partition coefficient (Wildman–Crippen LogP) is 1.06. The number of hydrogen-bond acceptors (Lipinski definition) is 2. The van der Waals surface area contributed by atoms with Crippen LogP contribution in [0.2, 0.25) is 0 Å². The number of hydrogen-bond donors (Lipinski definition) is 0. The summed E-state index contributed by atoms with van der Waals surface area (Å²) in [7, 11) is 0. The van der Waals surface area contributed by atoms with Gasteiger partial charge in [0.25, 0.3) is 0 Å². The molecule has 0 spiro atoms. The first-order valence-electron chi connectivity index (χ1n) is 4.76. The van der Waals surface area contributed by atoms with E-state index in [9.17, 15) is 4.79 Å². The Morgan fingerprint density at radius 3 is 3.08 bits per heavy atom. The third kappa shape index (κ3) is 2.84. The second-order valence-corrected chi connectivity index (χ2v) is 3.24. The van der Waals surface area contributed by atoms with Gasteiger partial charge < -0.3 is 9.64 Å². The molecule has 1 unspecified atom stereocenters. The minimum atomic E-state index is 0.226. The SMILES string of the molecule is C=CC1CC(=O)N(CCOCC)C1. The molecule has 0 saturated carbocycles. The smallest absolute Gasteiger partial charge is 0.223 e. The van der Waals surface area contributed by atoms with Crippen molar-refractivity contribution in [2.45, 2.75) is 13.3 Å². The molecule has 3 heteroatoms. The number of likely N-dealkylation sites (tertiary alicyclic amines) is 1. The molecule has 74 valence electrons. The monoisotopic (exact) mass is 183 g/mol. The lowest BCUT2D eigenvalue weighted by Gasteiger charge is -2.15. The maximum atomic E-state index is 11.4. The summed E-state index contributed by atoms with van der Waals surface area (Å²) in [5, 5.41) is 0. The normalized spacial score (nSPS) is 22.4. The Kier molecular flexibility index (Phi) is 3.96. The van der Waals surface area contributed by atoms with E-state index >= 15 is 0 Å². The van der Waals surface area contributed by atoms with E-state index in [1.165, 1.54) is 0 Å². The fraction of sp³-hybridized carbons (Fsp3) is 0.700. The van der Waals surface area contributed by atoms with E-state index in [2.05, 4.69) is 6.58 Å². The molecular weight excluding hydrogens is 166 g/mol. The summed E-state index contributed by atoms with van der Waals surface area (Å²) in [5.74, 6) is 0.568. The molecule has 0 aromatic heterocycles. The summed E-state index contributed by atoms with van der Waals surface area (Å²) in [4.78, 5) is 13.2. The molecule has 1 heterocycles. The molecule has 0 aromatic carbocycles. The lowest BCUT2D eigenvalue weighted by atomic mass is 10.1. The van der Waals surface area contributed by atoms with Crippen LogP contribution >= 0.6 is 0 Å². The van der Waals surface area contributed by atoms with Crippen molar-refractivity contribution >= 4 is 5.91 Å². The maximum Gasteiger partial charge on any atom is 0.223 e. The van der Waals surface area contributed by atoms with Gasteiger partial charge in [0, 0.05) is 32.0 Å². The van der Waals surface area contributed by atoms with E-state index in [-0.39, 0.29) is 5.91 Å². The van der Waals surface area contributed by atoms with Gasteiger partial charge >= 0.3 is 0 Å². The number of carbonyl (C=O) groups excluding carboxylic acids is 1. The second-order valence-electron chi connectivity index (χ2n) is 3.24. The van der Waals surface area contributed by atoms with E-state index in [1.54, 1.807) is 0 Å². The van der Waals surface area contributed by atoms with Gasteiger partial charge in [-0.2, -0.15) is 0 Å². The quantitative estimate of drug-likeness (QED) is 0.471. The minimum absolute atomic E-state index is 0.226. The van der Waals surface area contributed by atoms with Crippen molar-refractivity contribution < 1.29 is 9.53 Å². The van der Waals surface area contributed by atoms with Crippen LogP contribution < -0.4 is 0 Å². The van der Waals surface area contributed by atoms with Crippen LogP contribution in [0.15, 0.2) is 12.7 Å². The fourth-order valence-electron chi connectivity index (χ4n) is 1.50. The van der Waals surface area contributed by atoms with Crippen molar-refractivity contribution in [2.24, 2.45) is 5.92 Å². The zero-order valence-corrected chi connectivity index (χ0v) is 8.16. The molecule has 13 heavy (non-hydrogen) atoms. The molecule has 1 amide bonds. The highest BCUT2D eigenvalue weighted by molar-refractivity contribution is 5.78. The highest BCUT2D eigenvalue weighted by Crippen LogP contribution is 2.17. The molecule has 0 radical (unpaired) electrons. The van der Waals surface area contributed by atoms with Gasteiger partial charge in [-0.15, -0.1) is 6.58 Å². The van der Waals surface area contributed by atoms with Crippen molar-refractivity contribution in [3.63, 3.8) is 0 Å². The van der Waals surface area contributed by atoms with Crippen LogP contribution in [-0.4, -0.2) is 37.1 Å². The van der Waals surface area contributed by atoms with Crippen molar-refractivity contribution in [2.75, 3.05) is 26.3 Å². The number of ether oxygens (including phenoxy) is 1. The summed E-state index contributed by atoms with van der Waals surface area (Å²) in [6, 6.07) is 0. The first-order chi connectivity index (χ1) is 6.27. The Balaban J connectivity index is 2.26. The molecule has 1 saturated heterocycles. The van der Waals surface area contributed by atoms with Crippen LogP contribution in [0.25, 0.3) is 0 Å². The summed E-state index contributed by atoms with van der Waals surface area (Å²) in [6.45, 7) is 8.55. The molecule has 0 N–H and O–H groups in total. The predicted molar refractivity (Wildman–Crippen MR) is 51.4 cm³/mol. The Labute approximate surface area is 79.4 Å². The van der Waals surface area contributed by atoms with Gasteiger partial charge in [0.05, 0.1) is 6.61 Å². The summed E-state index contributed by atoms with van der Waals surface area (Å²) < 4.78 is 5.19. The molecule has 0 bridgehead atoms. The molecule has 0 aromatic rings. The molecule has 1 fully saturated rings. The molecule has 1 rings (SSSR count). The van der Waals surface area contributed by atoms with Crippen molar-refractivity contribution in [3.05, 3.63) is 12.7 Å². The lowest BCUT2D eigenvalue weighted by molar-refractivity contribution is -0.128. The third-order valence-corrected chi connectivity index (χ3v) is 2.29. The third-order valence-electron chi connectivity index (χ3n) is 2.29. The van der Waals surface area contributed by atoms with Crippen molar-refractivity contribution in [1.82, 2.24) is 4.90 Å². The van der Waals surface area contributed by atoms with Crippen LogP contribution in [0.5, 0.6) is 0 Å². The number of carbonyl (C=O) groups is 1. The summed E-state index contributed by atoms with van der Waals surface area (Å²) >= 11 is 0. The molecule has 1 aliphatic heterocycles. The average molecular weight is 183 g/mol. The lowest BCUT2D eigenvalue weighted by Crippen LogP contribution is -2.28. The number of amides is 1. The van der Waals surface area contributed by atoms with Crippen molar-refractivity contribution in [1.29, 1.82) is 0 Å². The van der Waals surface area contributed by atoms with Crippen LogP contribution in [0.3, 0.4) is 0 Å². The van der Waals surface area contributed by atoms with Gasteiger partial charge in [-0.3, -0.25) is 4.79 Å². The van der Waals surface area contributed by atoms with Crippen LogP contribution in [0.4, 0.5) is 0 Å². The first-order valence-corrected chi connectivity index (χ1v) is 4.76. The van der Waals surface area contributed by atoms with Gasteiger partial charge in [0.1, 0.15) is 0 Å². The van der Waals surface area contributed by atoms with E-state index in [1.807, 2.05) is 17.9 Å². The van der Waals surface area contributed by atoms with Gasteiger partial charge in [-0.25, -0.2) is 0 Å². The molecule has 0 aliphatic carbocycles. The van der Waals surface area contributed by atoms with Gasteiger partial charge in [0.2, 0.25) is 5.91 Å². The van der Waals surface area contributed by atoms with Crippen LogP contribution in [0, 0.1) is 5.92 Å². The van der Waals surface area contributed by atoms with E-state index < -0.39 is 0 Å². The van der Waals surface area contributed by atoms with E-state index in [4.69, 9.17) is 4.74 Å². The fourth-order valence-corrected chi connectivity index (χ4v) is 1.50. The van der Waals surface area contributed by atoms with E-state index in [0.29, 0.717) is 25.6 Å². The highest BCUT2D eigenvalue weighted by Gasteiger charge is 2.26. The number of nitrogens with zero attached hydrogens (tertiary/aromatic N) is 1. The molecule has 3 nitrogen and oxygen atoms in total. The molecule has 1 aliphatic rings. The largest absolute Gasteiger partial charge is 0.380 e. The Morgan fingerprint density at radius 2 is 2.54 bits per heavy atom. The Hall–Kier alpha value is -0.830. The van der Waals surface area contributed by atoms with Crippen molar-refractivity contribution in [3.8, 4) is 0 Å². The number of rotatable bonds is 5. The second kappa shape index (κ2) is 5.02. The van der Waals surface area contributed by atoms with Crippen LogP contribution in [-0.2, 0) is 9.53 Å². The maximum absolute atomic E-state index is 11.4. The van der Waals surface area contributed by atoms with Crippen LogP contribution in [0.1, 0.15) is 13.3 Å². The topological polar surface area (TPSA) is 29.5 Å². The highest BCUT2D eigenvalue weighted by atomic mass is 16.5. The molecular formula is C10H17NO2. The summed E-state index contributed by atoms with van der Waals surface area (Å²) in [6.07, 6.45) is 2.48. The standard InChI is InChI=1S/C10H17NO2/c1-3-9-7-10(12)11(8-9)5-6-13-4-2/h3,9H,1,4-8H2,2H3. The Morgan fingerprint density at radius 1 is 1.77 bits per heavy atom. The van der Waals surface area contributed by atoms with Gasteiger partial charge in [0.15, 0.2) is 0 Å². The summed E-state index contributed by atoms with van der Waals surface area (Å²) in [5.41, 5.74) is 0. The van der Waals surface area contributed by atoms with Gasteiger partial charge in [-0.05, 0) is 6.92 Å². The molecule has 1 atom stereocenters. The zero-order chi connectivity index (χ0) is 9.68. The van der Waals surface area contributed by atoms with Gasteiger partial charge in [-0.1, -0.05) is 6.08 Å². The zero-order valence-electron chi connectivity index (χ0n) is 8.16. The first kappa shape index (κ1) is 10.3. The van der Waals surface area contributed by atoms with E-state index in [0.717, 1.165) is 13.1 Å². The average Bonchev–Trinajstić information content (AvgIpc) is 2.48. The minimum Gasteiger partial charge on any atom is -0.380 e.